The third kappa shape index (κ3) is 3.65. The van der Waals surface area contributed by atoms with Gasteiger partial charge in [-0.15, -0.1) is 0 Å². The van der Waals surface area contributed by atoms with Crippen molar-refractivity contribution in [1.82, 2.24) is 4.72 Å². The van der Waals surface area contributed by atoms with Crippen molar-refractivity contribution in [3.8, 4) is 0 Å². The number of hydrogen-bond acceptors (Lipinski definition) is 2. The zero-order valence-corrected chi connectivity index (χ0v) is 9.39. The van der Waals surface area contributed by atoms with Gasteiger partial charge in [-0.2, -0.15) is 0 Å². The van der Waals surface area contributed by atoms with E-state index in [-0.39, 0.29) is 0 Å². The van der Waals surface area contributed by atoms with Gasteiger partial charge in [-0.3, -0.25) is 0 Å². The van der Waals surface area contributed by atoms with Crippen molar-refractivity contribution in [2.24, 2.45) is 17.8 Å². The average molecular weight is 205 g/mol. The summed E-state index contributed by atoms with van der Waals surface area (Å²) in [6.07, 6.45) is 3.58. The van der Waals surface area contributed by atoms with E-state index in [0.29, 0.717) is 12.5 Å². The Morgan fingerprint density at radius 1 is 1.38 bits per heavy atom. The molecule has 1 N–H and O–H groups in total. The van der Waals surface area contributed by atoms with Crippen LogP contribution in [0.2, 0.25) is 0 Å². The van der Waals surface area contributed by atoms with Crippen molar-refractivity contribution in [3.05, 3.63) is 0 Å². The van der Waals surface area contributed by atoms with E-state index in [4.69, 9.17) is 0 Å². The van der Waals surface area contributed by atoms with Crippen LogP contribution in [0.5, 0.6) is 0 Å². The first-order chi connectivity index (χ1) is 5.88. The molecule has 0 unspecified atom stereocenters. The fourth-order valence-electron chi connectivity index (χ4n) is 1.77. The molecule has 4 heteroatoms. The molecule has 0 spiro atoms. The zero-order chi connectivity index (χ0) is 10.1. The maximum Gasteiger partial charge on any atom is 0.208 e. The van der Waals surface area contributed by atoms with Gasteiger partial charge in [0.15, 0.2) is 0 Å². The van der Waals surface area contributed by atoms with Crippen LogP contribution in [0.3, 0.4) is 0 Å². The van der Waals surface area contributed by atoms with Crippen molar-refractivity contribution < 1.29 is 8.42 Å². The third-order valence-corrected chi connectivity index (χ3v) is 3.54. The van der Waals surface area contributed by atoms with Gasteiger partial charge in [0.2, 0.25) is 10.0 Å². The molecule has 0 heterocycles. The Balaban J connectivity index is 2.16. The summed E-state index contributed by atoms with van der Waals surface area (Å²) in [5.41, 5.74) is 0. The molecule has 1 fully saturated rings. The van der Waals surface area contributed by atoms with E-state index in [2.05, 4.69) is 18.6 Å². The molecule has 0 aliphatic heterocycles. The molecule has 78 valence electrons. The van der Waals surface area contributed by atoms with Gasteiger partial charge >= 0.3 is 0 Å². The SMILES string of the molecule is CC(C)C1CC(CNS(C)(=O)=O)C1. The number of hydrogen-bond donors (Lipinski definition) is 1. The molecule has 3 nitrogen and oxygen atoms in total. The lowest BCUT2D eigenvalue weighted by molar-refractivity contribution is 0.144. The van der Waals surface area contributed by atoms with Crippen LogP contribution in [-0.4, -0.2) is 21.2 Å². The smallest absolute Gasteiger partial charge is 0.208 e. The van der Waals surface area contributed by atoms with E-state index in [1.54, 1.807) is 0 Å². The van der Waals surface area contributed by atoms with Crippen molar-refractivity contribution >= 4 is 10.0 Å². The lowest BCUT2D eigenvalue weighted by Crippen LogP contribution is -2.37. The second-order valence-electron chi connectivity index (χ2n) is 4.46. The lowest BCUT2D eigenvalue weighted by Gasteiger charge is -2.38. The maximum atomic E-state index is 10.8. The van der Waals surface area contributed by atoms with E-state index >= 15 is 0 Å². The fraction of sp³-hybridized carbons (Fsp3) is 1.00. The van der Waals surface area contributed by atoms with Gasteiger partial charge in [-0.05, 0) is 30.6 Å². The van der Waals surface area contributed by atoms with Crippen LogP contribution < -0.4 is 4.72 Å². The highest BCUT2D eigenvalue weighted by Crippen LogP contribution is 2.38. The molecule has 0 radical (unpaired) electrons. The first-order valence-electron chi connectivity index (χ1n) is 4.83. The average Bonchev–Trinajstić information content (AvgIpc) is 1.79. The van der Waals surface area contributed by atoms with Gasteiger partial charge in [0.25, 0.3) is 0 Å². The lowest BCUT2D eigenvalue weighted by atomic mass is 9.70. The standard InChI is InChI=1S/C9H19NO2S/c1-7(2)9-4-8(5-9)6-10-13(3,11)12/h7-10H,4-6H2,1-3H3. The summed E-state index contributed by atoms with van der Waals surface area (Å²) >= 11 is 0. The molecule has 0 atom stereocenters. The summed E-state index contributed by atoms with van der Waals surface area (Å²) in [7, 11) is -2.98. The van der Waals surface area contributed by atoms with E-state index in [1.165, 1.54) is 19.1 Å². The Kier molecular flexibility index (Phi) is 3.35. The highest BCUT2D eigenvalue weighted by molar-refractivity contribution is 7.88. The summed E-state index contributed by atoms with van der Waals surface area (Å²) in [6, 6.07) is 0. The fourth-order valence-corrected chi connectivity index (χ4v) is 2.31. The molecule has 0 amide bonds. The van der Waals surface area contributed by atoms with Gasteiger partial charge in [0, 0.05) is 6.54 Å². The maximum absolute atomic E-state index is 10.8. The molecular weight excluding hydrogens is 186 g/mol. The Morgan fingerprint density at radius 3 is 2.31 bits per heavy atom. The first-order valence-corrected chi connectivity index (χ1v) is 6.72. The normalized spacial score (nSPS) is 28.9. The van der Waals surface area contributed by atoms with Crippen molar-refractivity contribution in [3.63, 3.8) is 0 Å². The van der Waals surface area contributed by atoms with E-state index < -0.39 is 10.0 Å². The molecule has 1 aliphatic rings. The number of sulfonamides is 1. The second-order valence-corrected chi connectivity index (χ2v) is 6.30. The summed E-state index contributed by atoms with van der Waals surface area (Å²) in [5, 5.41) is 0. The molecule has 1 aliphatic carbocycles. The second kappa shape index (κ2) is 3.96. The summed E-state index contributed by atoms with van der Waals surface area (Å²) in [4.78, 5) is 0. The Morgan fingerprint density at radius 2 is 1.92 bits per heavy atom. The summed E-state index contributed by atoms with van der Waals surface area (Å²) < 4.78 is 24.1. The minimum atomic E-state index is -2.98. The van der Waals surface area contributed by atoms with Gasteiger partial charge in [0.1, 0.15) is 0 Å². The minimum Gasteiger partial charge on any atom is -0.215 e. The van der Waals surface area contributed by atoms with E-state index in [1.807, 2.05) is 0 Å². The van der Waals surface area contributed by atoms with Crippen LogP contribution >= 0.6 is 0 Å². The van der Waals surface area contributed by atoms with Gasteiger partial charge in [-0.25, -0.2) is 13.1 Å². The molecule has 0 aromatic carbocycles. The van der Waals surface area contributed by atoms with Crippen LogP contribution in [0.15, 0.2) is 0 Å². The quantitative estimate of drug-likeness (QED) is 0.750. The molecule has 0 saturated heterocycles. The topological polar surface area (TPSA) is 46.2 Å². The van der Waals surface area contributed by atoms with Crippen LogP contribution in [0, 0.1) is 17.8 Å². The third-order valence-electron chi connectivity index (χ3n) is 2.85. The molecule has 1 saturated carbocycles. The van der Waals surface area contributed by atoms with Crippen molar-refractivity contribution in [2.45, 2.75) is 26.7 Å². The predicted molar refractivity (Wildman–Crippen MR) is 53.9 cm³/mol. The van der Waals surface area contributed by atoms with E-state index in [0.717, 1.165) is 11.8 Å². The van der Waals surface area contributed by atoms with Crippen LogP contribution in [0.1, 0.15) is 26.7 Å². The Labute approximate surface area is 81.0 Å². The summed E-state index contributed by atoms with van der Waals surface area (Å²) in [6.45, 7) is 5.08. The highest BCUT2D eigenvalue weighted by Gasteiger charge is 2.31. The number of nitrogens with one attached hydrogen (secondary N) is 1. The number of rotatable bonds is 4. The molecule has 13 heavy (non-hydrogen) atoms. The molecule has 0 aromatic rings. The largest absolute Gasteiger partial charge is 0.215 e. The molecular formula is C9H19NO2S. The monoisotopic (exact) mass is 205 g/mol. The van der Waals surface area contributed by atoms with Crippen molar-refractivity contribution in [1.29, 1.82) is 0 Å². The molecule has 1 rings (SSSR count). The first kappa shape index (κ1) is 11.0. The van der Waals surface area contributed by atoms with Crippen LogP contribution in [0.4, 0.5) is 0 Å². The molecule has 0 aromatic heterocycles. The Bertz CT molecular complexity index is 253. The van der Waals surface area contributed by atoms with Gasteiger partial charge in [0.05, 0.1) is 6.26 Å². The molecule has 0 bridgehead atoms. The van der Waals surface area contributed by atoms with Crippen LogP contribution in [0.25, 0.3) is 0 Å². The summed E-state index contributed by atoms with van der Waals surface area (Å²) in [5.74, 6) is 2.13. The van der Waals surface area contributed by atoms with E-state index in [9.17, 15) is 8.42 Å². The minimum absolute atomic E-state index is 0.571. The predicted octanol–water partition coefficient (Wildman–Crippen LogP) is 1.22. The van der Waals surface area contributed by atoms with Crippen LogP contribution in [-0.2, 0) is 10.0 Å². The van der Waals surface area contributed by atoms with Gasteiger partial charge < -0.3 is 0 Å². The Hall–Kier alpha value is -0.0900. The zero-order valence-electron chi connectivity index (χ0n) is 8.58. The van der Waals surface area contributed by atoms with Crippen molar-refractivity contribution in [2.75, 3.05) is 12.8 Å². The highest BCUT2D eigenvalue weighted by atomic mass is 32.2. The van der Waals surface area contributed by atoms with Gasteiger partial charge in [-0.1, -0.05) is 13.8 Å².